The van der Waals surface area contributed by atoms with Gasteiger partial charge in [0.15, 0.2) is 0 Å². The van der Waals surface area contributed by atoms with Crippen LogP contribution in [0.25, 0.3) is 0 Å². The van der Waals surface area contributed by atoms with Gasteiger partial charge in [-0.2, -0.15) is 0 Å². The predicted molar refractivity (Wildman–Crippen MR) is 41.6 cm³/mol. The zero-order valence-electron chi connectivity index (χ0n) is 6.36. The van der Waals surface area contributed by atoms with Crippen molar-refractivity contribution in [3.63, 3.8) is 0 Å². The summed E-state index contributed by atoms with van der Waals surface area (Å²) in [5.74, 6) is -1.48. The second-order valence-electron chi connectivity index (χ2n) is 1.84. The molecule has 0 rings (SSSR count). The van der Waals surface area contributed by atoms with Crippen LogP contribution in [-0.4, -0.2) is 35.7 Å². The van der Waals surface area contributed by atoms with E-state index >= 15 is 0 Å². The number of ether oxygens (including phenoxy) is 1. The minimum Gasteiger partial charge on any atom is -0.480 e. The summed E-state index contributed by atoms with van der Waals surface area (Å²) in [5, 5.41) is 7.80. The maximum absolute atomic E-state index is 10.6. The SMILES string of the molecule is COC(=O)CC(SC)C(=O)O. The lowest BCUT2D eigenvalue weighted by Gasteiger charge is -2.06. The first-order valence-corrected chi connectivity index (χ1v) is 4.23. The predicted octanol–water partition coefficient (Wildman–Crippen LogP) is 0.366. The van der Waals surface area contributed by atoms with Gasteiger partial charge in [0.25, 0.3) is 0 Å². The maximum atomic E-state index is 10.6. The normalized spacial score (nSPS) is 12.2. The van der Waals surface area contributed by atoms with Crippen LogP contribution in [0, 0.1) is 0 Å². The molecule has 0 heterocycles. The molecular weight excluding hydrogens is 168 g/mol. The molecule has 0 fully saturated rings. The zero-order valence-corrected chi connectivity index (χ0v) is 7.18. The van der Waals surface area contributed by atoms with Gasteiger partial charge in [0.05, 0.1) is 13.5 Å². The Morgan fingerprint density at radius 2 is 2.18 bits per heavy atom. The van der Waals surface area contributed by atoms with Gasteiger partial charge in [-0.1, -0.05) is 0 Å². The highest BCUT2D eigenvalue weighted by atomic mass is 32.2. The molecule has 64 valence electrons. The Morgan fingerprint density at radius 1 is 1.64 bits per heavy atom. The second kappa shape index (κ2) is 5.01. The van der Waals surface area contributed by atoms with Crippen LogP contribution in [0.1, 0.15) is 6.42 Å². The summed E-state index contributed by atoms with van der Waals surface area (Å²) in [6.07, 6.45) is 1.56. The summed E-state index contributed by atoms with van der Waals surface area (Å²) < 4.78 is 4.32. The highest BCUT2D eigenvalue weighted by Gasteiger charge is 2.19. The van der Waals surface area contributed by atoms with E-state index in [4.69, 9.17) is 5.11 Å². The van der Waals surface area contributed by atoms with E-state index in [9.17, 15) is 9.59 Å². The fourth-order valence-corrected chi connectivity index (χ4v) is 1.01. The number of thioether (sulfide) groups is 1. The molecule has 0 saturated carbocycles. The quantitative estimate of drug-likeness (QED) is 0.630. The molecular formula is C6H10O4S. The van der Waals surface area contributed by atoms with Crippen molar-refractivity contribution in [2.75, 3.05) is 13.4 Å². The number of rotatable bonds is 4. The van der Waals surface area contributed by atoms with Crippen molar-refractivity contribution in [1.82, 2.24) is 0 Å². The number of carboxylic acids is 1. The molecule has 0 amide bonds. The van der Waals surface area contributed by atoms with Crippen LogP contribution in [0.5, 0.6) is 0 Å². The van der Waals surface area contributed by atoms with Crippen molar-refractivity contribution in [1.29, 1.82) is 0 Å². The number of carbonyl (C=O) groups excluding carboxylic acids is 1. The third-order valence-electron chi connectivity index (χ3n) is 1.14. The summed E-state index contributed by atoms with van der Waals surface area (Å²) in [5.41, 5.74) is 0. The first-order valence-electron chi connectivity index (χ1n) is 2.94. The van der Waals surface area contributed by atoms with E-state index in [0.717, 1.165) is 11.8 Å². The van der Waals surface area contributed by atoms with Crippen LogP contribution in [0.2, 0.25) is 0 Å². The minimum atomic E-state index is -0.983. The van der Waals surface area contributed by atoms with E-state index in [1.807, 2.05) is 0 Å². The second-order valence-corrected chi connectivity index (χ2v) is 2.88. The summed E-state index contributed by atoms with van der Waals surface area (Å²) in [7, 11) is 1.24. The van der Waals surface area contributed by atoms with Gasteiger partial charge in [-0.15, -0.1) is 11.8 Å². The third-order valence-corrected chi connectivity index (χ3v) is 2.08. The van der Waals surface area contributed by atoms with Gasteiger partial charge in [0, 0.05) is 0 Å². The molecule has 1 unspecified atom stereocenters. The number of hydrogen-bond donors (Lipinski definition) is 1. The van der Waals surface area contributed by atoms with Crippen molar-refractivity contribution < 1.29 is 19.4 Å². The summed E-state index contributed by atoms with van der Waals surface area (Å²) in [4.78, 5) is 20.9. The van der Waals surface area contributed by atoms with Crippen LogP contribution >= 0.6 is 11.8 Å². The van der Waals surface area contributed by atoms with Gasteiger partial charge < -0.3 is 9.84 Å². The molecule has 0 aliphatic rings. The number of carboxylic acid groups (broad SMARTS) is 1. The highest BCUT2D eigenvalue weighted by Crippen LogP contribution is 2.11. The van der Waals surface area contributed by atoms with Crippen LogP contribution < -0.4 is 0 Å². The lowest BCUT2D eigenvalue weighted by atomic mass is 10.3. The van der Waals surface area contributed by atoms with E-state index in [-0.39, 0.29) is 6.42 Å². The van der Waals surface area contributed by atoms with Gasteiger partial charge in [-0.25, -0.2) is 0 Å². The van der Waals surface area contributed by atoms with Crippen molar-refractivity contribution in [3.8, 4) is 0 Å². The fourth-order valence-electron chi connectivity index (χ4n) is 0.506. The molecule has 0 spiro atoms. The lowest BCUT2D eigenvalue weighted by Crippen LogP contribution is -2.20. The van der Waals surface area contributed by atoms with Gasteiger partial charge in [-0.3, -0.25) is 9.59 Å². The third kappa shape index (κ3) is 3.87. The number of hydrogen-bond acceptors (Lipinski definition) is 4. The van der Waals surface area contributed by atoms with Crippen molar-refractivity contribution in [3.05, 3.63) is 0 Å². The first-order chi connectivity index (χ1) is 5.11. The highest BCUT2D eigenvalue weighted by molar-refractivity contribution is 7.99. The number of methoxy groups -OCH3 is 1. The average molecular weight is 178 g/mol. The molecule has 0 radical (unpaired) electrons. The number of aliphatic carboxylic acids is 1. The molecule has 0 saturated heterocycles. The standard InChI is InChI=1S/C6H10O4S/c1-10-5(7)3-4(11-2)6(8)9/h4H,3H2,1-2H3,(H,8,9). The Balaban J connectivity index is 3.88. The molecule has 1 atom stereocenters. The first kappa shape index (κ1) is 10.3. The van der Waals surface area contributed by atoms with Crippen molar-refractivity contribution >= 4 is 23.7 Å². The molecule has 4 nitrogen and oxygen atoms in total. The van der Waals surface area contributed by atoms with Crippen LogP contribution in [-0.2, 0) is 14.3 Å². The minimum absolute atomic E-state index is 0.0764. The molecule has 0 bridgehead atoms. The Hall–Kier alpha value is -0.710. The number of carbonyl (C=O) groups is 2. The largest absolute Gasteiger partial charge is 0.480 e. The molecule has 11 heavy (non-hydrogen) atoms. The zero-order chi connectivity index (χ0) is 8.85. The van der Waals surface area contributed by atoms with E-state index < -0.39 is 17.2 Å². The topological polar surface area (TPSA) is 63.6 Å². The molecule has 0 aliphatic carbocycles. The monoisotopic (exact) mass is 178 g/mol. The molecule has 5 heteroatoms. The van der Waals surface area contributed by atoms with Gasteiger partial charge in [-0.05, 0) is 6.26 Å². The molecule has 0 aromatic rings. The Morgan fingerprint density at radius 3 is 2.45 bits per heavy atom. The molecule has 1 N–H and O–H groups in total. The molecule has 0 aliphatic heterocycles. The summed E-state index contributed by atoms with van der Waals surface area (Å²) in [6, 6.07) is 0. The molecule has 0 aromatic carbocycles. The van der Waals surface area contributed by atoms with Crippen molar-refractivity contribution in [2.24, 2.45) is 0 Å². The lowest BCUT2D eigenvalue weighted by molar-refractivity contribution is -0.145. The fraction of sp³-hybridized carbons (Fsp3) is 0.667. The number of esters is 1. The Labute approximate surface area is 68.9 Å². The summed E-state index contributed by atoms with van der Waals surface area (Å²) >= 11 is 1.12. The van der Waals surface area contributed by atoms with E-state index in [0.29, 0.717) is 0 Å². The average Bonchev–Trinajstić information content (AvgIpc) is 1.99. The van der Waals surface area contributed by atoms with E-state index in [2.05, 4.69) is 4.74 Å². The summed E-state index contributed by atoms with van der Waals surface area (Å²) in [6.45, 7) is 0. The maximum Gasteiger partial charge on any atom is 0.317 e. The van der Waals surface area contributed by atoms with Gasteiger partial charge >= 0.3 is 11.9 Å². The van der Waals surface area contributed by atoms with Crippen LogP contribution in [0.15, 0.2) is 0 Å². The van der Waals surface area contributed by atoms with E-state index in [1.165, 1.54) is 7.11 Å². The van der Waals surface area contributed by atoms with Crippen LogP contribution in [0.4, 0.5) is 0 Å². The smallest absolute Gasteiger partial charge is 0.317 e. The Kier molecular flexibility index (Phi) is 4.69. The van der Waals surface area contributed by atoms with Crippen molar-refractivity contribution in [2.45, 2.75) is 11.7 Å². The van der Waals surface area contributed by atoms with E-state index in [1.54, 1.807) is 6.26 Å². The molecule has 0 aromatic heterocycles. The Bertz CT molecular complexity index is 157. The van der Waals surface area contributed by atoms with Gasteiger partial charge in [0.1, 0.15) is 5.25 Å². The van der Waals surface area contributed by atoms with Crippen LogP contribution in [0.3, 0.4) is 0 Å². The van der Waals surface area contributed by atoms with Gasteiger partial charge in [0.2, 0.25) is 0 Å².